The molecule has 0 aromatic rings. The van der Waals surface area contributed by atoms with Gasteiger partial charge in [-0.2, -0.15) is 0 Å². The number of hydrogen-bond donors (Lipinski definition) is 2. The van der Waals surface area contributed by atoms with Crippen molar-refractivity contribution in [3.63, 3.8) is 0 Å². The van der Waals surface area contributed by atoms with Crippen LogP contribution in [0.4, 0.5) is 0 Å². The summed E-state index contributed by atoms with van der Waals surface area (Å²) in [6, 6.07) is 0. The van der Waals surface area contributed by atoms with Crippen LogP contribution in [0, 0.1) is 34.5 Å². The van der Waals surface area contributed by atoms with Gasteiger partial charge in [-0.25, -0.2) is 4.79 Å². The third kappa shape index (κ3) is 3.27. The smallest absolute Gasteiger partial charge is 0.335 e. The lowest BCUT2D eigenvalue weighted by atomic mass is 9.47. The molecule has 0 bridgehead atoms. The molecule has 2 N–H and O–H groups in total. The fourth-order valence-electron chi connectivity index (χ4n) is 7.45. The number of allylic oxidation sites excluding steroid dienone is 2. The topological polar surface area (TPSA) is 66.4 Å². The van der Waals surface area contributed by atoms with Crippen LogP contribution in [0.3, 0.4) is 0 Å². The van der Waals surface area contributed by atoms with Crippen LogP contribution in [0.2, 0.25) is 0 Å². The van der Waals surface area contributed by atoms with E-state index in [1.165, 1.54) is 5.57 Å². The van der Waals surface area contributed by atoms with Gasteiger partial charge < -0.3 is 10.4 Å². The van der Waals surface area contributed by atoms with Crippen molar-refractivity contribution in [1.29, 1.82) is 0 Å². The maximum absolute atomic E-state index is 13.1. The third-order valence-corrected chi connectivity index (χ3v) is 8.87. The molecule has 4 aliphatic rings. The molecule has 0 radical (unpaired) electrons. The van der Waals surface area contributed by atoms with Gasteiger partial charge in [0.2, 0.25) is 5.91 Å². The molecule has 0 saturated heterocycles. The van der Waals surface area contributed by atoms with E-state index in [1.54, 1.807) is 0 Å². The maximum atomic E-state index is 13.1. The Kier molecular flexibility index (Phi) is 4.79. The molecule has 0 aliphatic heterocycles. The number of fused-ring (bicyclic) bond motifs is 5. The summed E-state index contributed by atoms with van der Waals surface area (Å²) in [5, 5.41) is 12.7. The molecule has 0 spiro atoms. The zero-order valence-electron chi connectivity index (χ0n) is 18.7. The first kappa shape index (κ1) is 20.7. The Morgan fingerprint density at radius 1 is 1.10 bits per heavy atom. The first-order valence-corrected chi connectivity index (χ1v) is 11.4. The number of amides is 1. The molecule has 0 aromatic carbocycles. The number of hydrogen-bond acceptors (Lipinski definition) is 2. The molecule has 0 aromatic heterocycles. The van der Waals surface area contributed by atoms with E-state index in [0.717, 1.165) is 44.9 Å². The van der Waals surface area contributed by atoms with E-state index in [-0.39, 0.29) is 28.2 Å². The Morgan fingerprint density at radius 3 is 2.48 bits per heavy atom. The van der Waals surface area contributed by atoms with Gasteiger partial charge in [-0.05, 0) is 100 Å². The average molecular weight is 400 g/mol. The van der Waals surface area contributed by atoms with Crippen molar-refractivity contribution in [2.24, 2.45) is 34.5 Å². The fourth-order valence-corrected chi connectivity index (χ4v) is 7.45. The van der Waals surface area contributed by atoms with Crippen molar-refractivity contribution in [1.82, 2.24) is 5.32 Å². The van der Waals surface area contributed by atoms with Crippen molar-refractivity contribution in [2.75, 3.05) is 0 Å². The normalized spacial score (nSPS) is 41.4. The van der Waals surface area contributed by atoms with Gasteiger partial charge in [-0.3, -0.25) is 4.79 Å². The van der Waals surface area contributed by atoms with Crippen LogP contribution < -0.4 is 5.32 Å². The quantitative estimate of drug-likeness (QED) is 0.679. The molecule has 29 heavy (non-hydrogen) atoms. The van der Waals surface area contributed by atoms with Crippen LogP contribution in [0.15, 0.2) is 23.3 Å². The van der Waals surface area contributed by atoms with Crippen molar-refractivity contribution in [3.8, 4) is 0 Å². The molecule has 6 atom stereocenters. The molecule has 4 heteroatoms. The number of carboxylic acids is 1. The van der Waals surface area contributed by atoms with Crippen LogP contribution in [-0.4, -0.2) is 22.5 Å². The van der Waals surface area contributed by atoms with Gasteiger partial charge in [-0.15, -0.1) is 0 Å². The predicted octanol–water partition coefficient (Wildman–Crippen LogP) is 5.10. The molecule has 4 rings (SSSR count). The highest BCUT2D eigenvalue weighted by Crippen LogP contribution is 2.66. The van der Waals surface area contributed by atoms with E-state index in [0.29, 0.717) is 23.3 Å². The summed E-state index contributed by atoms with van der Waals surface area (Å²) in [5.74, 6) is 1.44. The second kappa shape index (κ2) is 6.72. The summed E-state index contributed by atoms with van der Waals surface area (Å²) in [4.78, 5) is 24.5. The van der Waals surface area contributed by atoms with E-state index < -0.39 is 5.97 Å². The summed E-state index contributed by atoms with van der Waals surface area (Å²) in [6.45, 7) is 10.9. The summed E-state index contributed by atoms with van der Waals surface area (Å²) >= 11 is 0. The van der Waals surface area contributed by atoms with Crippen molar-refractivity contribution >= 4 is 11.9 Å². The highest BCUT2D eigenvalue weighted by atomic mass is 16.4. The molecule has 1 amide bonds. The second-order valence-electron chi connectivity index (χ2n) is 11.6. The van der Waals surface area contributed by atoms with E-state index >= 15 is 0 Å². The molecular weight excluding hydrogens is 362 g/mol. The lowest BCUT2D eigenvalue weighted by Crippen LogP contribution is -2.53. The molecule has 3 fully saturated rings. The molecule has 3 saturated carbocycles. The fraction of sp³-hybridized carbons (Fsp3) is 0.760. The first-order chi connectivity index (χ1) is 13.5. The van der Waals surface area contributed by atoms with Gasteiger partial charge in [-0.1, -0.05) is 25.5 Å². The molecule has 160 valence electrons. The zero-order chi connectivity index (χ0) is 21.2. The van der Waals surface area contributed by atoms with Gasteiger partial charge >= 0.3 is 5.97 Å². The standard InChI is InChI=1S/C25H37NO3/c1-23(2,3)26-21(27)20-9-8-18-17-7-6-16-14-15(22(28)29)10-12-24(16,4)19(17)11-13-25(18,20)5/h10,14,17-20H,6-9,11-13H2,1-5H3,(H,26,27)(H,28,29)/t17-,18-,19+,20?,24-,25-/m0/s1. The summed E-state index contributed by atoms with van der Waals surface area (Å²) < 4.78 is 0. The lowest BCUT2D eigenvalue weighted by molar-refractivity contribution is -0.133. The molecule has 0 heterocycles. The number of carbonyl (C=O) groups excluding carboxylic acids is 1. The van der Waals surface area contributed by atoms with Crippen LogP contribution in [0.5, 0.6) is 0 Å². The van der Waals surface area contributed by atoms with Gasteiger partial charge in [0.15, 0.2) is 0 Å². The summed E-state index contributed by atoms with van der Waals surface area (Å²) in [6.07, 6.45) is 11.3. The van der Waals surface area contributed by atoms with Crippen molar-refractivity contribution < 1.29 is 14.7 Å². The Bertz CT molecular complexity index is 788. The van der Waals surface area contributed by atoms with Gasteiger partial charge in [0.1, 0.15) is 0 Å². The van der Waals surface area contributed by atoms with Crippen LogP contribution in [0.1, 0.15) is 79.6 Å². The summed E-state index contributed by atoms with van der Waals surface area (Å²) in [5.41, 5.74) is 1.83. The lowest BCUT2D eigenvalue weighted by Gasteiger charge is -2.57. The number of aliphatic carboxylic acids is 1. The Morgan fingerprint density at radius 2 is 1.83 bits per heavy atom. The van der Waals surface area contributed by atoms with E-state index in [4.69, 9.17) is 0 Å². The molecule has 4 aliphatic carbocycles. The number of carbonyl (C=O) groups is 2. The zero-order valence-corrected chi connectivity index (χ0v) is 18.7. The number of rotatable bonds is 2. The van der Waals surface area contributed by atoms with E-state index in [1.807, 2.05) is 12.2 Å². The van der Waals surface area contributed by atoms with Crippen LogP contribution in [0.25, 0.3) is 0 Å². The Labute approximate surface area is 175 Å². The Hall–Kier alpha value is -1.58. The molecular formula is C25H37NO3. The number of nitrogens with one attached hydrogen (secondary N) is 1. The van der Waals surface area contributed by atoms with Gasteiger partial charge in [0, 0.05) is 11.5 Å². The Balaban J connectivity index is 1.57. The summed E-state index contributed by atoms with van der Waals surface area (Å²) in [7, 11) is 0. The van der Waals surface area contributed by atoms with Crippen LogP contribution in [-0.2, 0) is 9.59 Å². The largest absolute Gasteiger partial charge is 0.478 e. The molecule has 4 nitrogen and oxygen atoms in total. The second-order valence-corrected chi connectivity index (χ2v) is 11.6. The van der Waals surface area contributed by atoms with Gasteiger partial charge in [0.25, 0.3) is 0 Å². The van der Waals surface area contributed by atoms with Crippen molar-refractivity contribution in [3.05, 3.63) is 23.3 Å². The minimum absolute atomic E-state index is 0.0922. The maximum Gasteiger partial charge on any atom is 0.335 e. The predicted molar refractivity (Wildman–Crippen MR) is 114 cm³/mol. The van der Waals surface area contributed by atoms with E-state index in [2.05, 4.69) is 39.9 Å². The number of carboxylic acid groups (broad SMARTS) is 1. The van der Waals surface area contributed by atoms with Gasteiger partial charge in [0.05, 0.1) is 5.57 Å². The highest BCUT2D eigenvalue weighted by Gasteiger charge is 2.60. The van der Waals surface area contributed by atoms with Crippen LogP contribution >= 0.6 is 0 Å². The SMILES string of the molecule is CC(C)(C)NC(=O)C1CC[C@H]2[C@@H]3CCC4=CC(C(=O)O)=CC[C@]4(C)[C@@H]3CC[C@]12C. The first-order valence-electron chi connectivity index (χ1n) is 11.4. The minimum Gasteiger partial charge on any atom is -0.478 e. The monoisotopic (exact) mass is 399 g/mol. The average Bonchev–Trinajstić information content (AvgIpc) is 2.96. The van der Waals surface area contributed by atoms with Crippen molar-refractivity contribution in [2.45, 2.75) is 85.1 Å². The highest BCUT2D eigenvalue weighted by molar-refractivity contribution is 5.90. The minimum atomic E-state index is -0.804. The third-order valence-electron chi connectivity index (χ3n) is 8.87. The van der Waals surface area contributed by atoms with E-state index in [9.17, 15) is 14.7 Å². The molecule has 1 unspecified atom stereocenters.